The van der Waals surface area contributed by atoms with Gasteiger partial charge < -0.3 is 15.5 Å². The quantitative estimate of drug-likeness (QED) is 0.555. The van der Waals surface area contributed by atoms with E-state index in [1.807, 2.05) is 18.2 Å². The van der Waals surface area contributed by atoms with Gasteiger partial charge in [-0.25, -0.2) is 0 Å². The maximum atomic E-state index is 12.9. The van der Waals surface area contributed by atoms with Crippen LogP contribution in [0.25, 0.3) is 0 Å². The smallest absolute Gasteiger partial charge is 0.286 e. The molecule has 11 heteroatoms. The number of anilines is 1. The molecule has 3 amide bonds. The summed E-state index contributed by atoms with van der Waals surface area (Å²) in [5.41, 5.74) is 1.29. The van der Waals surface area contributed by atoms with Gasteiger partial charge in [0.1, 0.15) is 0 Å². The second-order valence-corrected chi connectivity index (χ2v) is 8.92. The number of nitrogens with zero attached hydrogens (tertiary/aromatic N) is 4. The maximum Gasteiger partial charge on any atom is 0.286 e. The lowest BCUT2D eigenvalue weighted by atomic mass is 9.97. The first-order valence-corrected chi connectivity index (χ1v) is 11.6. The lowest BCUT2D eigenvalue weighted by Crippen LogP contribution is -2.45. The van der Waals surface area contributed by atoms with Crippen molar-refractivity contribution in [2.75, 3.05) is 18.4 Å². The Balaban J connectivity index is 1.34. The minimum absolute atomic E-state index is 0.0694. The summed E-state index contributed by atoms with van der Waals surface area (Å²) in [4.78, 5) is 43.8. The Hall–Kier alpha value is -3.37. The van der Waals surface area contributed by atoms with Crippen LogP contribution in [-0.2, 0) is 11.3 Å². The summed E-state index contributed by atoms with van der Waals surface area (Å²) >= 11 is 6.85. The number of piperidine rings is 1. The Morgan fingerprint density at radius 3 is 2.76 bits per heavy atom. The summed E-state index contributed by atoms with van der Waals surface area (Å²) in [6, 6.07) is 12.2. The van der Waals surface area contributed by atoms with E-state index in [0.29, 0.717) is 36.6 Å². The standard InChI is InChI=1S/C22H21ClN6O3S/c23-15-6-3-8-16(11-15)26-19(31)20-27-28-21(33-20)22(32)29-10-4-5-14(13-29)18(30)25-12-17-7-1-2-9-24-17/h1-3,6-9,11,14H,4-5,10,12-13H2,(H,25,30)(H,26,31). The van der Waals surface area contributed by atoms with Gasteiger partial charge in [-0.05, 0) is 43.2 Å². The Labute approximate surface area is 199 Å². The molecule has 0 saturated carbocycles. The number of hydrogen-bond acceptors (Lipinski definition) is 7. The first kappa shape index (κ1) is 22.8. The minimum atomic E-state index is -0.473. The fourth-order valence-corrected chi connectivity index (χ4v) is 4.38. The molecule has 0 aliphatic carbocycles. The first-order valence-electron chi connectivity index (χ1n) is 10.4. The summed E-state index contributed by atoms with van der Waals surface area (Å²) in [5.74, 6) is -1.24. The van der Waals surface area contributed by atoms with Crippen molar-refractivity contribution in [2.45, 2.75) is 19.4 Å². The van der Waals surface area contributed by atoms with Gasteiger partial charge in [-0.1, -0.05) is 35.1 Å². The van der Waals surface area contributed by atoms with Crippen LogP contribution in [0.15, 0.2) is 48.7 Å². The third-order valence-electron chi connectivity index (χ3n) is 5.13. The molecule has 33 heavy (non-hydrogen) atoms. The predicted molar refractivity (Wildman–Crippen MR) is 124 cm³/mol. The number of halogens is 1. The number of nitrogens with one attached hydrogen (secondary N) is 2. The van der Waals surface area contributed by atoms with Crippen LogP contribution < -0.4 is 10.6 Å². The molecule has 1 unspecified atom stereocenters. The largest absolute Gasteiger partial charge is 0.350 e. The highest BCUT2D eigenvalue weighted by molar-refractivity contribution is 7.15. The van der Waals surface area contributed by atoms with E-state index in [2.05, 4.69) is 25.8 Å². The van der Waals surface area contributed by atoms with E-state index in [-0.39, 0.29) is 34.3 Å². The van der Waals surface area contributed by atoms with Crippen molar-refractivity contribution in [3.63, 3.8) is 0 Å². The Kier molecular flexibility index (Phi) is 7.26. The second kappa shape index (κ2) is 10.5. The van der Waals surface area contributed by atoms with E-state index in [9.17, 15) is 14.4 Å². The van der Waals surface area contributed by atoms with Gasteiger partial charge in [0.15, 0.2) is 0 Å². The molecule has 0 radical (unpaired) electrons. The molecule has 0 bridgehead atoms. The number of carbonyl (C=O) groups is 3. The zero-order valence-electron chi connectivity index (χ0n) is 17.5. The van der Waals surface area contributed by atoms with Crippen molar-refractivity contribution >= 4 is 46.3 Å². The molecule has 1 aliphatic rings. The third kappa shape index (κ3) is 5.91. The number of amides is 3. The molecular formula is C22H21ClN6O3S. The highest BCUT2D eigenvalue weighted by Gasteiger charge is 2.30. The fourth-order valence-electron chi connectivity index (χ4n) is 3.49. The molecule has 1 saturated heterocycles. The Morgan fingerprint density at radius 1 is 1.12 bits per heavy atom. The maximum absolute atomic E-state index is 12.9. The van der Waals surface area contributed by atoms with Gasteiger partial charge in [-0.15, -0.1) is 10.2 Å². The summed E-state index contributed by atoms with van der Waals surface area (Å²) < 4.78 is 0. The molecule has 1 atom stereocenters. The van der Waals surface area contributed by atoms with Gasteiger partial charge in [0.05, 0.1) is 18.2 Å². The van der Waals surface area contributed by atoms with Crippen LogP contribution in [0.1, 0.15) is 38.1 Å². The van der Waals surface area contributed by atoms with Crippen LogP contribution in [0.5, 0.6) is 0 Å². The monoisotopic (exact) mass is 484 g/mol. The number of carbonyl (C=O) groups excluding carboxylic acids is 3. The van der Waals surface area contributed by atoms with Gasteiger partial charge in [0, 0.05) is 30.0 Å². The van der Waals surface area contributed by atoms with Gasteiger partial charge in [0.2, 0.25) is 15.9 Å². The number of hydrogen-bond donors (Lipinski definition) is 2. The van der Waals surface area contributed by atoms with E-state index >= 15 is 0 Å². The molecule has 2 aromatic heterocycles. The van der Waals surface area contributed by atoms with E-state index in [0.717, 1.165) is 17.0 Å². The van der Waals surface area contributed by atoms with Gasteiger partial charge in [-0.2, -0.15) is 0 Å². The normalized spacial score (nSPS) is 15.7. The molecule has 4 rings (SSSR count). The fraction of sp³-hybridized carbons (Fsp3) is 0.273. The molecule has 2 N–H and O–H groups in total. The van der Waals surface area contributed by atoms with E-state index in [1.165, 1.54) is 0 Å². The molecule has 1 fully saturated rings. The zero-order chi connectivity index (χ0) is 23.2. The number of benzene rings is 1. The molecule has 1 aliphatic heterocycles. The molecule has 0 spiro atoms. The van der Waals surface area contributed by atoms with Crippen molar-refractivity contribution < 1.29 is 14.4 Å². The first-order chi connectivity index (χ1) is 16.0. The zero-order valence-corrected chi connectivity index (χ0v) is 19.1. The average Bonchev–Trinajstić information content (AvgIpc) is 3.33. The molecule has 9 nitrogen and oxygen atoms in total. The molecule has 170 valence electrons. The van der Waals surface area contributed by atoms with Gasteiger partial charge in [-0.3, -0.25) is 19.4 Å². The summed E-state index contributed by atoms with van der Waals surface area (Å²) in [7, 11) is 0. The van der Waals surface area contributed by atoms with Gasteiger partial charge in [0.25, 0.3) is 11.8 Å². The second-order valence-electron chi connectivity index (χ2n) is 7.51. The molecule has 3 heterocycles. The topological polar surface area (TPSA) is 117 Å². The van der Waals surface area contributed by atoms with Crippen LogP contribution in [-0.4, -0.2) is 50.9 Å². The Bertz CT molecular complexity index is 1160. The molecule has 3 aromatic rings. The predicted octanol–water partition coefficient (Wildman–Crippen LogP) is 3.01. The highest BCUT2D eigenvalue weighted by atomic mass is 35.5. The van der Waals surface area contributed by atoms with Crippen LogP contribution in [0.4, 0.5) is 5.69 Å². The molecule has 1 aromatic carbocycles. The molecular weight excluding hydrogens is 464 g/mol. The third-order valence-corrected chi connectivity index (χ3v) is 6.28. The van der Waals surface area contributed by atoms with E-state index in [4.69, 9.17) is 11.6 Å². The Morgan fingerprint density at radius 2 is 1.97 bits per heavy atom. The van der Waals surface area contributed by atoms with Crippen molar-refractivity contribution in [3.05, 3.63) is 69.4 Å². The number of likely N-dealkylation sites (tertiary alicyclic amines) is 1. The summed E-state index contributed by atoms with van der Waals surface area (Å²) in [6.07, 6.45) is 3.07. The van der Waals surface area contributed by atoms with Crippen LogP contribution in [0.2, 0.25) is 5.02 Å². The summed E-state index contributed by atoms with van der Waals surface area (Å²) in [5, 5.41) is 14.0. The average molecular weight is 485 g/mol. The number of rotatable bonds is 6. The van der Waals surface area contributed by atoms with E-state index in [1.54, 1.807) is 35.4 Å². The lowest BCUT2D eigenvalue weighted by Gasteiger charge is -2.31. The minimum Gasteiger partial charge on any atom is -0.350 e. The highest BCUT2D eigenvalue weighted by Crippen LogP contribution is 2.22. The van der Waals surface area contributed by atoms with Crippen molar-refractivity contribution in [3.8, 4) is 0 Å². The van der Waals surface area contributed by atoms with Crippen LogP contribution in [0.3, 0.4) is 0 Å². The SMILES string of the molecule is O=C(Nc1cccc(Cl)c1)c1nnc(C(=O)N2CCCC(C(=O)NCc3ccccn3)C2)s1. The summed E-state index contributed by atoms with van der Waals surface area (Å²) in [6.45, 7) is 1.15. The number of aromatic nitrogens is 3. The lowest BCUT2D eigenvalue weighted by molar-refractivity contribution is -0.126. The van der Waals surface area contributed by atoms with Crippen molar-refractivity contribution in [1.82, 2.24) is 25.4 Å². The van der Waals surface area contributed by atoms with E-state index < -0.39 is 5.91 Å². The van der Waals surface area contributed by atoms with Crippen molar-refractivity contribution in [2.24, 2.45) is 5.92 Å². The van der Waals surface area contributed by atoms with Crippen LogP contribution >= 0.6 is 22.9 Å². The number of pyridine rings is 1. The van der Waals surface area contributed by atoms with Gasteiger partial charge >= 0.3 is 0 Å². The van der Waals surface area contributed by atoms with Crippen molar-refractivity contribution in [1.29, 1.82) is 0 Å². The van der Waals surface area contributed by atoms with Crippen LogP contribution in [0, 0.1) is 5.92 Å².